The highest BCUT2D eigenvalue weighted by molar-refractivity contribution is 5.88. The number of anilines is 1. The molecule has 0 unspecified atom stereocenters. The summed E-state index contributed by atoms with van der Waals surface area (Å²) in [5, 5.41) is 0.917. The van der Waals surface area contributed by atoms with E-state index in [9.17, 15) is 4.79 Å². The van der Waals surface area contributed by atoms with Gasteiger partial charge in [-0.3, -0.25) is 0 Å². The summed E-state index contributed by atoms with van der Waals surface area (Å²) in [6, 6.07) is 7.40. The van der Waals surface area contributed by atoms with E-state index in [0.29, 0.717) is 5.58 Å². The maximum absolute atomic E-state index is 11.5. The molecule has 0 aliphatic heterocycles. The van der Waals surface area contributed by atoms with Crippen LogP contribution < -0.4 is 10.5 Å². The number of benzene rings is 1. The van der Waals surface area contributed by atoms with Gasteiger partial charge >= 0.3 is 5.63 Å². The summed E-state index contributed by atoms with van der Waals surface area (Å²) in [5.74, 6) is 0. The molecule has 0 fully saturated rings. The molecule has 0 saturated heterocycles. The van der Waals surface area contributed by atoms with Gasteiger partial charge in [0.1, 0.15) is 5.58 Å². The fourth-order valence-electron chi connectivity index (χ4n) is 2.13. The molecular formula is C15H17NO2. The molecule has 1 aromatic carbocycles. The SMILES string of the molecule is C=Cc1cc(=O)oc2cc(N(CC)CC)ccc12. The van der Waals surface area contributed by atoms with Gasteiger partial charge < -0.3 is 9.32 Å². The lowest BCUT2D eigenvalue weighted by molar-refractivity contribution is 0.560. The molecule has 0 aliphatic rings. The average Bonchev–Trinajstić information content (AvgIpc) is 2.38. The summed E-state index contributed by atoms with van der Waals surface area (Å²) >= 11 is 0. The third-order valence-electron chi connectivity index (χ3n) is 3.11. The van der Waals surface area contributed by atoms with E-state index >= 15 is 0 Å². The topological polar surface area (TPSA) is 33.5 Å². The molecule has 1 aromatic heterocycles. The Morgan fingerprint density at radius 1 is 1.28 bits per heavy atom. The summed E-state index contributed by atoms with van der Waals surface area (Å²) in [4.78, 5) is 13.7. The van der Waals surface area contributed by atoms with Gasteiger partial charge in [-0.1, -0.05) is 12.7 Å². The predicted molar refractivity (Wildman–Crippen MR) is 76.1 cm³/mol. The molecule has 0 radical (unpaired) electrons. The lowest BCUT2D eigenvalue weighted by atomic mass is 10.1. The second-order valence-electron chi connectivity index (χ2n) is 4.08. The van der Waals surface area contributed by atoms with Crippen molar-refractivity contribution in [3.63, 3.8) is 0 Å². The van der Waals surface area contributed by atoms with Crippen molar-refractivity contribution in [2.75, 3.05) is 18.0 Å². The maximum Gasteiger partial charge on any atom is 0.336 e. The van der Waals surface area contributed by atoms with E-state index in [2.05, 4.69) is 25.3 Å². The normalized spacial score (nSPS) is 10.6. The fraction of sp³-hybridized carbons (Fsp3) is 0.267. The van der Waals surface area contributed by atoms with Gasteiger partial charge in [0.05, 0.1) is 0 Å². The Morgan fingerprint density at radius 3 is 2.61 bits per heavy atom. The zero-order valence-electron chi connectivity index (χ0n) is 10.8. The van der Waals surface area contributed by atoms with E-state index in [1.165, 1.54) is 6.07 Å². The van der Waals surface area contributed by atoms with Crippen molar-refractivity contribution in [3.8, 4) is 0 Å². The van der Waals surface area contributed by atoms with Gasteiger partial charge in [0, 0.05) is 36.3 Å². The molecule has 1 heterocycles. The van der Waals surface area contributed by atoms with Crippen LogP contribution in [-0.2, 0) is 0 Å². The van der Waals surface area contributed by atoms with E-state index in [0.717, 1.165) is 29.7 Å². The molecule has 3 nitrogen and oxygen atoms in total. The molecule has 0 bridgehead atoms. The van der Waals surface area contributed by atoms with Gasteiger partial charge in [-0.15, -0.1) is 0 Å². The molecule has 0 amide bonds. The van der Waals surface area contributed by atoms with Crippen molar-refractivity contribution in [3.05, 3.63) is 46.8 Å². The van der Waals surface area contributed by atoms with Crippen LogP contribution in [0.15, 0.2) is 40.1 Å². The van der Waals surface area contributed by atoms with E-state index in [1.54, 1.807) is 6.08 Å². The average molecular weight is 243 g/mol. The fourth-order valence-corrected chi connectivity index (χ4v) is 2.13. The predicted octanol–water partition coefficient (Wildman–Crippen LogP) is 3.28. The Hall–Kier alpha value is -2.03. The summed E-state index contributed by atoms with van der Waals surface area (Å²) in [7, 11) is 0. The van der Waals surface area contributed by atoms with Crippen LogP contribution >= 0.6 is 0 Å². The first-order valence-corrected chi connectivity index (χ1v) is 6.14. The summed E-state index contributed by atoms with van der Waals surface area (Å²) in [6.45, 7) is 9.77. The van der Waals surface area contributed by atoms with Crippen molar-refractivity contribution in [2.45, 2.75) is 13.8 Å². The third kappa shape index (κ3) is 2.16. The summed E-state index contributed by atoms with van der Waals surface area (Å²) in [6.07, 6.45) is 1.68. The van der Waals surface area contributed by atoms with Gasteiger partial charge in [-0.2, -0.15) is 0 Å². The molecule has 94 valence electrons. The number of hydrogen-bond donors (Lipinski definition) is 0. The van der Waals surface area contributed by atoms with Gasteiger partial charge in [0.2, 0.25) is 0 Å². The van der Waals surface area contributed by atoms with Crippen molar-refractivity contribution in [1.82, 2.24) is 0 Å². The lowest BCUT2D eigenvalue weighted by Gasteiger charge is -2.21. The number of hydrogen-bond acceptors (Lipinski definition) is 3. The minimum absolute atomic E-state index is 0.339. The van der Waals surface area contributed by atoms with Crippen LogP contribution in [0.5, 0.6) is 0 Å². The second kappa shape index (κ2) is 5.08. The number of nitrogens with zero attached hydrogens (tertiary/aromatic N) is 1. The quantitative estimate of drug-likeness (QED) is 0.773. The van der Waals surface area contributed by atoms with E-state index in [4.69, 9.17) is 4.42 Å². The maximum atomic E-state index is 11.5. The van der Waals surface area contributed by atoms with Crippen molar-refractivity contribution in [2.24, 2.45) is 0 Å². The van der Waals surface area contributed by atoms with Crippen LogP contribution in [0.3, 0.4) is 0 Å². The highest BCUT2D eigenvalue weighted by Gasteiger charge is 2.07. The second-order valence-corrected chi connectivity index (χ2v) is 4.08. The van der Waals surface area contributed by atoms with E-state index in [1.807, 2.05) is 18.2 Å². The Morgan fingerprint density at radius 2 is 2.00 bits per heavy atom. The van der Waals surface area contributed by atoms with Gasteiger partial charge in [0.15, 0.2) is 0 Å². The molecule has 2 aromatic rings. The standard InChI is InChI=1S/C15H17NO2/c1-4-11-9-15(17)18-14-10-12(7-8-13(11)14)16(5-2)6-3/h4,7-10H,1,5-6H2,2-3H3. The molecule has 0 spiro atoms. The minimum Gasteiger partial charge on any atom is -0.423 e. The molecule has 0 aliphatic carbocycles. The zero-order chi connectivity index (χ0) is 13.1. The van der Waals surface area contributed by atoms with E-state index in [-0.39, 0.29) is 5.63 Å². The van der Waals surface area contributed by atoms with Crippen LogP contribution in [0.25, 0.3) is 17.0 Å². The highest BCUT2D eigenvalue weighted by atomic mass is 16.4. The molecular weight excluding hydrogens is 226 g/mol. The molecule has 0 N–H and O–H groups in total. The number of fused-ring (bicyclic) bond motifs is 1. The van der Waals surface area contributed by atoms with Crippen molar-refractivity contribution >= 4 is 22.7 Å². The van der Waals surface area contributed by atoms with Gasteiger partial charge in [0.25, 0.3) is 0 Å². The first-order chi connectivity index (χ1) is 8.69. The summed E-state index contributed by atoms with van der Waals surface area (Å²) < 4.78 is 5.25. The first kappa shape index (κ1) is 12.4. The highest BCUT2D eigenvalue weighted by Crippen LogP contribution is 2.24. The van der Waals surface area contributed by atoms with Crippen LogP contribution in [0.2, 0.25) is 0 Å². The van der Waals surface area contributed by atoms with Gasteiger partial charge in [-0.25, -0.2) is 4.79 Å². The van der Waals surface area contributed by atoms with Crippen LogP contribution in [0, 0.1) is 0 Å². The Kier molecular flexibility index (Phi) is 3.51. The zero-order valence-corrected chi connectivity index (χ0v) is 10.8. The smallest absolute Gasteiger partial charge is 0.336 e. The minimum atomic E-state index is -0.339. The summed E-state index contributed by atoms with van der Waals surface area (Å²) in [5.41, 5.74) is 2.15. The Labute approximate surface area is 106 Å². The molecule has 2 rings (SSSR count). The van der Waals surface area contributed by atoms with E-state index < -0.39 is 0 Å². The Balaban J connectivity index is 2.65. The van der Waals surface area contributed by atoms with Crippen LogP contribution in [0.1, 0.15) is 19.4 Å². The molecule has 0 saturated carbocycles. The van der Waals surface area contributed by atoms with Crippen LogP contribution in [-0.4, -0.2) is 13.1 Å². The monoisotopic (exact) mass is 243 g/mol. The van der Waals surface area contributed by atoms with Crippen molar-refractivity contribution < 1.29 is 4.42 Å². The molecule has 3 heteroatoms. The Bertz CT molecular complexity index is 624. The van der Waals surface area contributed by atoms with Gasteiger partial charge in [-0.05, 0) is 31.5 Å². The molecule has 18 heavy (non-hydrogen) atoms. The number of rotatable bonds is 4. The lowest BCUT2D eigenvalue weighted by Crippen LogP contribution is -2.21. The third-order valence-corrected chi connectivity index (χ3v) is 3.11. The van der Waals surface area contributed by atoms with Crippen LogP contribution in [0.4, 0.5) is 5.69 Å². The molecule has 0 atom stereocenters. The first-order valence-electron chi connectivity index (χ1n) is 6.14. The van der Waals surface area contributed by atoms with Crippen molar-refractivity contribution in [1.29, 1.82) is 0 Å². The largest absolute Gasteiger partial charge is 0.423 e.